The lowest BCUT2D eigenvalue weighted by Crippen LogP contribution is -2.35. The molecule has 1 aliphatic heterocycles. The molecule has 5 nitrogen and oxygen atoms in total. The summed E-state index contributed by atoms with van der Waals surface area (Å²) < 4.78 is 0. The fourth-order valence-corrected chi connectivity index (χ4v) is 1.20. The van der Waals surface area contributed by atoms with Crippen molar-refractivity contribution in [1.29, 1.82) is 0 Å². The van der Waals surface area contributed by atoms with Gasteiger partial charge in [-0.2, -0.15) is 0 Å². The zero-order valence-electron chi connectivity index (χ0n) is 7.78. The minimum atomic E-state index is -0.432. The van der Waals surface area contributed by atoms with Gasteiger partial charge in [-0.1, -0.05) is 6.92 Å². The van der Waals surface area contributed by atoms with Crippen LogP contribution in [0.4, 0.5) is 4.79 Å². The molecule has 0 spiro atoms. The highest BCUT2D eigenvalue weighted by Crippen LogP contribution is 2.08. The lowest BCUT2D eigenvalue weighted by molar-refractivity contribution is -0.127. The summed E-state index contributed by atoms with van der Waals surface area (Å²) in [7, 11) is 0. The van der Waals surface area contributed by atoms with Gasteiger partial charge in [0.05, 0.1) is 0 Å². The summed E-state index contributed by atoms with van der Waals surface area (Å²) in [5.74, 6) is -0.287. The summed E-state index contributed by atoms with van der Waals surface area (Å²) in [5.41, 5.74) is 0. The molecule has 2 N–H and O–H groups in total. The van der Waals surface area contributed by atoms with Crippen LogP contribution in [0.1, 0.15) is 13.8 Å². The van der Waals surface area contributed by atoms with Crippen molar-refractivity contribution >= 4 is 11.9 Å². The maximum atomic E-state index is 11.3. The average Bonchev–Trinajstić information content (AvgIpc) is 2.32. The molecule has 1 saturated heterocycles. The van der Waals surface area contributed by atoms with Crippen LogP contribution in [0.2, 0.25) is 0 Å². The van der Waals surface area contributed by atoms with Crippen LogP contribution in [0, 0.1) is 5.92 Å². The van der Waals surface area contributed by atoms with Gasteiger partial charge in [-0.25, -0.2) is 4.79 Å². The van der Waals surface area contributed by atoms with Crippen LogP contribution < -0.4 is 5.32 Å². The number of imide groups is 1. The Morgan fingerprint density at radius 2 is 2.23 bits per heavy atom. The first-order valence-electron chi connectivity index (χ1n) is 4.29. The van der Waals surface area contributed by atoms with Crippen molar-refractivity contribution in [3.8, 4) is 0 Å². The molecule has 0 saturated carbocycles. The van der Waals surface area contributed by atoms with Gasteiger partial charge in [0.25, 0.3) is 5.91 Å². The van der Waals surface area contributed by atoms with Crippen molar-refractivity contribution in [2.24, 2.45) is 5.92 Å². The molecular weight excluding hydrogens is 172 g/mol. The number of rotatable bonds is 3. The lowest BCUT2D eigenvalue weighted by atomic mass is 10.2. The van der Waals surface area contributed by atoms with Crippen LogP contribution in [0.25, 0.3) is 0 Å². The second-order valence-electron chi connectivity index (χ2n) is 3.41. The van der Waals surface area contributed by atoms with E-state index in [-0.39, 0.29) is 31.0 Å². The van der Waals surface area contributed by atoms with Crippen molar-refractivity contribution in [2.45, 2.75) is 19.9 Å². The van der Waals surface area contributed by atoms with E-state index >= 15 is 0 Å². The Hall–Kier alpha value is -1.10. The van der Waals surface area contributed by atoms with Crippen LogP contribution in [-0.2, 0) is 4.79 Å². The SMILES string of the molecule is CC(CO)CN1C(=O)NC(C)C1=O. The third-order valence-electron chi connectivity index (χ3n) is 2.03. The monoisotopic (exact) mass is 186 g/mol. The molecule has 1 heterocycles. The van der Waals surface area contributed by atoms with Gasteiger partial charge < -0.3 is 10.4 Å². The van der Waals surface area contributed by atoms with Crippen molar-refractivity contribution in [2.75, 3.05) is 13.2 Å². The third kappa shape index (κ3) is 1.98. The Morgan fingerprint density at radius 3 is 2.62 bits per heavy atom. The summed E-state index contributed by atoms with van der Waals surface area (Å²) in [6, 6.07) is -0.795. The van der Waals surface area contributed by atoms with Crippen molar-refractivity contribution < 1.29 is 14.7 Å². The molecule has 1 rings (SSSR count). The normalized spacial score (nSPS) is 24.8. The van der Waals surface area contributed by atoms with E-state index in [1.54, 1.807) is 13.8 Å². The average molecular weight is 186 g/mol. The number of nitrogens with zero attached hydrogens (tertiary/aromatic N) is 1. The van der Waals surface area contributed by atoms with E-state index in [9.17, 15) is 9.59 Å². The number of aliphatic hydroxyl groups is 1. The van der Waals surface area contributed by atoms with E-state index in [4.69, 9.17) is 5.11 Å². The molecule has 1 fully saturated rings. The molecule has 1 aliphatic rings. The van der Waals surface area contributed by atoms with E-state index in [0.717, 1.165) is 4.90 Å². The Balaban J connectivity index is 2.59. The van der Waals surface area contributed by atoms with Gasteiger partial charge in [0.15, 0.2) is 0 Å². The standard InChI is InChI=1S/C8H14N2O3/c1-5(4-11)3-10-7(12)6(2)9-8(10)13/h5-6,11H,3-4H2,1-2H3,(H,9,13). The molecule has 5 heteroatoms. The van der Waals surface area contributed by atoms with E-state index in [1.165, 1.54) is 0 Å². The smallest absolute Gasteiger partial charge is 0.324 e. The first kappa shape index (κ1) is 9.98. The summed E-state index contributed by atoms with van der Waals surface area (Å²) in [5, 5.41) is 11.3. The fraction of sp³-hybridized carbons (Fsp3) is 0.750. The van der Waals surface area contributed by atoms with Crippen molar-refractivity contribution in [1.82, 2.24) is 10.2 Å². The van der Waals surface area contributed by atoms with Gasteiger partial charge >= 0.3 is 6.03 Å². The molecule has 0 aromatic heterocycles. The van der Waals surface area contributed by atoms with Gasteiger partial charge in [-0.3, -0.25) is 9.69 Å². The van der Waals surface area contributed by atoms with E-state index < -0.39 is 6.04 Å². The summed E-state index contributed by atoms with van der Waals surface area (Å²) >= 11 is 0. The Kier molecular flexibility index (Phi) is 2.87. The number of urea groups is 1. The summed E-state index contributed by atoms with van der Waals surface area (Å²) in [6.07, 6.45) is 0. The molecular formula is C8H14N2O3. The third-order valence-corrected chi connectivity index (χ3v) is 2.03. The van der Waals surface area contributed by atoms with E-state index in [1.807, 2.05) is 0 Å². The zero-order chi connectivity index (χ0) is 10.0. The molecule has 3 amide bonds. The molecule has 0 aliphatic carbocycles. The molecule has 0 bridgehead atoms. The van der Waals surface area contributed by atoms with E-state index in [0.29, 0.717) is 0 Å². The van der Waals surface area contributed by atoms with Gasteiger partial charge in [0, 0.05) is 13.2 Å². The minimum absolute atomic E-state index is 0.0224. The van der Waals surface area contributed by atoms with Crippen LogP contribution in [-0.4, -0.2) is 41.1 Å². The maximum absolute atomic E-state index is 11.3. The Labute approximate surface area is 76.7 Å². The highest BCUT2D eigenvalue weighted by molar-refractivity contribution is 6.03. The first-order valence-corrected chi connectivity index (χ1v) is 4.29. The molecule has 2 atom stereocenters. The highest BCUT2D eigenvalue weighted by Gasteiger charge is 2.35. The molecule has 0 radical (unpaired) electrons. The number of carbonyl (C=O) groups is 2. The van der Waals surface area contributed by atoms with Crippen LogP contribution >= 0.6 is 0 Å². The molecule has 13 heavy (non-hydrogen) atoms. The van der Waals surface area contributed by atoms with Crippen LogP contribution in [0.3, 0.4) is 0 Å². The number of aliphatic hydroxyl groups excluding tert-OH is 1. The maximum Gasteiger partial charge on any atom is 0.324 e. The number of nitrogens with one attached hydrogen (secondary N) is 1. The topological polar surface area (TPSA) is 69.6 Å². The number of hydrogen-bond acceptors (Lipinski definition) is 3. The lowest BCUT2D eigenvalue weighted by Gasteiger charge is -2.16. The largest absolute Gasteiger partial charge is 0.396 e. The molecule has 0 aromatic carbocycles. The van der Waals surface area contributed by atoms with Crippen molar-refractivity contribution in [3.05, 3.63) is 0 Å². The van der Waals surface area contributed by atoms with Gasteiger partial charge in [0.1, 0.15) is 6.04 Å². The molecule has 74 valence electrons. The second kappa shape index (κ2) is 3.74. The zero-order valence-corrected chi connectivity index (χ0v) is 7.78. The van der Waals surface area contributed by atoms with E-state index in [2.05, 4.69) is 5.32 Å². The number of carbonyl (C=O) groups excluding carboxylic acids is 2. The second-order valence-corrected chi connectivity index (χ2v) is 3.41. The van der Waals surface area contributed by atoms with Crippen molar-refractivity contribution in [3.63, 3.8) is 0 Å². The predicted molar refractivity (Wildman–Crippen MR) is 46.0 cm³/mol. The fourth-order valence-electron chi connectivity index (χ4n) is 1.20. The summed E-state index contributed by atoms with van der Waals surface area (Å²) in [6.45, 7) is 3.68. The van der Waals surface area contributed by atoms with Gasteiger partial charge in [0.2, 0.25) is 0 Å². The van der Waals surface area contributed by atoms with Crippen LogP contribution in [0.15, 0.2) is 0 Å². The highest BCUT2D eigenvalue weighted by atomic mass is 16.3. The Bertz CT molecular complexity index is 229. The predicted octanol–water partition coefficient (Wildman–Crippen LogP) is -0.445. The van der Waals surface area contributed by atoms with Crippen LogP contribution in [0.5, 0.6) is 0 Å². The molecule has 0 aromatic rings. The number of amides is 3. The quantitative estimate of drug-likeness (QED) is 0.587. The minimum Gasteiger partial charge on any atom is -0.396 e. The first-order chi connectivity index (χ1) is 6.06. The number of hydrogen-bond donors (Lipinski definition) is 2. The molecule has 2 unspecified atom stereocenters. The van der Waals surface area contributed by atoms with Gasteiger partial charge in [-0.15, -0.1) is 0 Å². The Morgan fingerprint density at radius 1 is 1.62 bits per heavy atom. The van der Waals surface area contributed by atoms with Gasteiger partial charge in [-0.05, 0) is 12.8 Å². The summed E-state index contributed by atoms with van der Waals surface area (Å²) in [4.78, 5) is 23.6.